The van der Waals surface area contributed by atoms with E-state index in [0.717, 1.165) is 5.75 Å². The van der Waals surface area contributed by atoms with Gasteiger partial charge in [-0.25, -0.2) is 0 Å². The molecule has 0 N–H and O–H groups in total. The first-order valence-electron chi connectivity index (χ1n) is 4.11. The van der Waals surface area contributed by atoms with Crippen LogP contribution in [0.5, 0.6) is 0 Å². The van der Waals surface area contributed by atoms with Gasteiger partial charge in [-0.05, 0) is 37.3 Å². The Kier molecular flexibility index (Phi) is 2.23. The standard InChI is InChI=1S/C9H12S2/c10-6-8-5-7-3-1-2-4-9(7)11-8/h5,10H,1-4,6H2. The Balaban J connectivity index is 2.32. The summed E-state index contributed by atoms with van der Waals surface area (Å²) in [6.07, 6.45) is 5.39. The van der Waals surface area contributed by atoms with Gasteiger partial charge in [-0.2, -0.15) is 12.6 Å². The van der Waals surface area contributed by atoms with Gasteiger partial charge in [0.25, 0.3) is 0 Å². The van der Waals surface area contributed by atoms with E-state index in [1.165, 1.54) is 30.6 Å². The molecule has 1 aromatic heterocycles. The third-order valence-electron chi connectivity index (χ3n) is 2.20. The number of hydrogen-bond donors (Lipinski definition) is 1. The molecule has 0 bridgehead atoms. The summed E-state index contributed by atoms with van der Waals surface area (Å²) >= 11 is 6.24. The van der Waals surface area contributed by atoms with Crippen molar-refractivity contribution in [2.45, 2.75) is 31.4 Å². The first kappa shape index (κ1) is 7.69. The Bertz CT molecular complexity index is 227. The van der Waals surface area contributed by atoms with Gasteiger partial charge in [0.2, 0.25) is 0 Å². The smallest absolute Gasteiger partial charge is 0.0248 e. The molecule has 0 nitrogen and oxygen atoms in total. The van der Waals surface area contributed by atoms with Crippen LogP contribution in [0.15, 0.2) is 6.07 Å². The summed E-state index contributed by atoms with van der Waals surface area (Å²) in [6.45, 7) is 0. The fourth-order valence-electron chi connectivity index (χ4n) is 1.63. The Morgan fingerprint density at radius 3 is 2.91 bits per heavy atom. The molecule has 2 heteroatoms. The molecule has 0 atom stereocenters. The normalized spacial score (nSPS) is 16.5. The summed E-state index contributed by atoms with van der Waals surface area (Å²) in [7, 11) is 0. The van der Waals surface area contributed by atoms with Crippen LogP contribution in [0, 0.1) is 0 Å². The molecule has 0 aliphatic heterocycles. The van der Waals surface area contributed by atoms with Crippen LogP contribution in [0.25, 0.3) is 0 Å². The minimum absolute atomic E-state index is 0.914. The van der Waals surface area contributed by atoms with Crippen molar-refractivity contribution in [1.29, 1.82) is 0 Å². The molecule has 1 aliphatic carbocycles. The molecule has 0 radical (unpaired) electrons. The maximum Gasteiger partial charge on any atom is 0.0248 e. The SMILES string of the molecule is SCc1cc2c(s1)CCCC2. The van der Waals surface area contributed by atoms with E-state index in [2.05, 4.69) is 18.7 Å². The number of thiophene rings is 1. The third kappa shape index (κ3) is 1.47. The number of rotatable bonds is 1. The minimum Gasteiger partial charge on any atom is -0.174 e. The molecule has 0 amide bonds. The maximum atomic E-state index is 4.28. The molecule has 0 unspecified atom stereocenters. The van der Waals surface area contributed by atoms with Crippen molar-refractivity contribution < 1.29 is 0 Å². The first-order valence-corrected chi connectivity index (χ1v) is 5.56. The summed E-state index contributed by atoms with van der Waals surface area (Å²) in [6, 6.07) is 2.34. The Hall–Kier alpha value is 0.0500. The van der Waals surface area contributed by atoms with E-state index in [0.29, 0.717) is 0 Å². The zero-order valence-corrected chi connectivity index (χ0v) is 8.18. The fraction of sp³-hybridized carbons (Fsp3) is 0.556. The summed E-state index contributed by atoms with van der Waals surface area (Å²) in [5.41, 5.74) is 1.60. The largest absolute Gasteiger partial charge is 0.174 e. The lowest BCUT2D eigenvalue weighted by molar-refractivity contribution is 0.697. The quantitative estimate of drug-likeness (QED) is 0.637. The van der Waals surface area contributed by atoms with E-state index >= 15 is 0 Å². The van der Waals surface area contributed by atoms with Crippen LogP contribution in [-0.2, 0) is 18.6 Å². The number of aryl methyl sites for hydroxylation is 2. The van der Waals surface area contributed by atoms with Gasteiger partial charge in [0.05, 0.1) is 0 Å². The Morgan fingerprint density at radius 2 is 2.18 bits per heavy atom. The summed E-state index contributed by atoms with van der Waals surface area (Å²) in [5, 5.41) is 0. The molecule has 0 fully saturated rings. The highest BCUT2D eigenvalue weighted by atomic mass is 32.1. The van der Waals surface area contributed by atoms with Gasteiger partial charge in [0.1, 0.15) is 0 Å². The van der Waals surface area contributed by atoms with Crippen molar-refractivity contribution in [2.75, 3.05) is 0 Å². The molecule has 0 aromatic carbocycles. The van der Waals surface area contributed by atoms with Crippen LogP contribution in [0.3, 0.4) is 0 Å². The van der Waals surface area contributed by atoms with E-state index < -0.39 is 0 Å². The molecule has 0 saturated carbocycles. The third-order valence-corrected chi connectivity index (χ3v) is 4.00. The van der Waals surface area contributed by atoms with Gasteiger partial charge >= 0.3 is 0 Å². The van der Waals surface area contributed by atoms with Crippen LogP contribution in [-0.4, -0.2) is 0 Å². The molecule has 0 saturated heterocycles. The average Bonchev–Trinajstić information content (AvgIpc) is 2.46. The van der Waals surface area contributed by atoms with Gasteiger partial charge < -0.3 is 0 Å². The highest BCUT2D eigenvalue weighted by molar-refractivity contribution is 7.79. The van der Waals surface area contributed by atoms with Crippen LogP contribution < -0.4 is 0 Å². The lowest BCUT2D eigenvalue weighted by Gasteiger charge is -2.08. The highest BCUT2D eigenvalue weighted by Crippen LogP contribution is 2.30. The monoisotopic (exact) mass is 184 g/mol. The summed E-state index contributed by atoms with van der Waals surface area (Å²) in [5.74, 6) is 0.914. The van der Waals surface area contributed by atoms with E-state index in [9.17, 15) is 0 Å². The molecule has 0 spiro atoms. The van der Waals surface area contributed by atoms with Crippen molar-refractivity contribution in [2.24, 2.45) is 0 Å². The van der Waals surface area contributed by atoms with Gasteiger partial charge in [-0.3, -0.25) is 0 Å². The summed E-state index contributed by atoms with van der Waals surface area (Å²) < 4.78 is 0. The Labute approximate surface area is 77.0 Å². The van der Waals surface area contributed by atoms with Crippen molar-refractivity contribution in [3.8, 4) is 0 Å². The predicted molar refractivity (Wildman–Crippen MR) is 53.7 cm³/mol. The molecule has 1 aliphatic rings. The second-order valence-corrected chi connectivity index (χ2v) is 4.56. The zero-order chi connectivity index (χ0) is 7.68. The van der Waals surface area contributed by atoms with Crippen molar-refractivity contribution in [3.63, 3.8) is 0 Å². The van der Waals surface area contributed by atoms with E-state index in [4.69, 9.17) is 0 Å². The molecule has 2 rings (SSSR count). The van der Waals surface area contributed by atoms with E-state index in [1.54, 1.807) is 10.4 Å². The second kappa shape index (κ2) is 3.20. The average molecular weight is 184 g/mol. The summed E-state index contributed by atoms with van der Waals surface area (Å²) in [4.78, 5) is 3.07. The second-order valence-electron chi connectivity index (χ2n) is 3.03. The van der Waals surface area contributed by atoms with E-state index in [1.807, 2.05) is 11.3 Å². The number of fused-ring (bicyclic) bond motifs is 1. The topological polar surface area (TPSA) is 0 Å². The Morgan fingerprint density at radius 1 is 1.36 bits per heavy atom. The van der Waals surface area contributed by atoms with Gasteiger partial charge in [0.15, 0.2) is 0 Å². The van der Waals surface area contributed by atoms with Gasteiger partial charge in [0, 0.05) is 15.5 Å². The molecule has 1 heterocycles. The van der Waals surface area contributed by atoms with Crippen molar-refractivity contribution in [1.82, 2.24) is 0 Å². The first-order chi connectivity index (χ1) is 5.40. The number of thiol groups is 1. The molecular formula is C9H12S2. The van der Waals surface area contributed by atoms with Crippen LogP contribution >= 0.6 is 24.0 Å². The molecule has 1 aromatic rings. The molecule has 60 valence electrons. The van der Waals surface area contributed by atoms with Crippen molar-refractivity contribution >= 4 is 24.0 Å². The van der Waals surface area contributed by atoms with Crippen LogP contribution in [0.1, 0.15) is 28.2 Å². The lowest BCUT2D eigenvalue weighted by atomic mass is 9.99. The predicted octanol–water partition coefficient (Wildman–Crippen LogP) is 3.06. The van der Waals surface area contributed by atoms with E-state index in [-0.39, 0.29) is 0 Å². The maximum absolute atomic E-state index is 4.28. The number of hydrogen-bond acceptors (Lipinski definition) is 2. The highest BCUT2D eigenvalue weighted by Gasteiger charge is 2.11. The van der Waals surface area contributed by atoms with Crippen molar-refractivity contribution in [3.05, 3.63) is 21.4 Å². The van der Waals surface area contributed by atoms with Crippen LogP contribution in [0.4, 0.5) is 0 Å². The zero-order valence-electron chi connectivity index (χ0n) is 6.47. The lowest BCUT2D eigenvalue weighted by Crippen LogP contribution is -1.96. The van der Waals surface area contributed by atoms with Crippen LogP contribution in [0.2, 0.25) is 0 Å². The van der Waals surface area contributed by atoms with Gasteiger partial charge in [-0.15, -0.1) is 11.3 Å². The molecular weight excluding hydrogens is 172 g/mol. The van der Waals surface area contributed by atoms with Gasteiger partial charge in [-0.1, -0.05) is 0 Å². The molecule has 11 heavy (non-hydrogen) atoms. The fourth-order valence-corrected chi connectivity index (χ4v) is 3.04. The minimum atomic E-state index is 0.914.